The Bertz CT molecular complexity index is 483. The summed E-state index contributed by atoms with van der Waals surface area (Å²) in [7, 11) is 0. The number of rotatable bonds is 4. The molecule has 7 heteroatoms. The topological polar surface area (TPSA) is 26.3 Å². The standard InChI is InChI=1S/C12H10F4O2S/c1-8(17)19-6-2-3-9-4-5-10(7-11(9)13)18-12(14,15)16/h2-5,7H,6H2,1H3. The molecular formula is C12H10F4O2S. The fraction of sp³-hybridized carbons (Fsp3) is 0.250. The first-order valence-electron chi connectivity index (χ1n) is 5.13. The number of carbonyl (C=O) groups is 1. The minimum atomic E-state index is -4.85. The number of ether oxygens (including phenoxy) is 1. The van der Waals surface area contributed by atoms with Crippen LogP contribution in [0.1, 0.15) is 12.5 Å². The van der Waals surface area contributed by atoms with Crippen molar-refractivity contribution < 1.29 is 27.1 Å². The highest BCUT2D eigenvalue weighted by molar-refractivity contribution is 8.13. The van der Waals surface area contributed by atoms with Crippen molar-refractivity contribution in [1.29, 1.82) is 0 Å². The van der Waals surface area contributed by atoms with Crippen LogP contribution in [0.4, 0.5) is 17.6 Å². The molecule has 0 aromatic heterocycles. The third-order valence-electron chi connectivity index (χ3n) is 1.89. The van der Waals surface area contributed by atoms with E-state index in [1.54, 1.807) is 6.08 Å². The maximum absolute atomic E-state index is 13.4. The minimum absolute atomic E-state index is 0.0703. The summed E-state index contributed by atoms with van der Waals surface area (Å²) in [6, 6.07) is 2.85. The van der Waals surface area contributed by atoms with E-state index >= 15 is 0 Å². The van der Waals surface area contributed by atoms with Crippen molar-refractivity contribution in [1.82, 2.24) is 0 Å². The first kappa shape index (κ1) is 15.6. The van der Waals surface area contributed by atoms with E-state index in [9.17, 15) is 22.4 Å². The second kappa shape index (κ2) is 6.60. The van der Waals surface area contributed by atoms with Gasteiger partial charge in [-0.15, -0.1) is 13.2 Å². The van der Waals surface area contributed by atoms with E-state index in [-0.39, 0.29) is 10.7 Å². The normalized spacial score (nSPS) is 11.8. The molecule has 2 nitrogen and oxygen atoms in total. The second-order valence-electron chi connectivity index (χ2n) is 3.44. The van der Waals surface area contributed by atoms with Gasteiger partial charge in [-0.1, -0.05) is 23.9 Å². The van der Waals surface area contributed by atoms with Gasteiger partial charge >= 0.3 is 6.36 Å². The van der Waals surface area contributed by atoms with Gasteiger partial charge in [-0.3, -0.25) is 4.79 Å². The molecule has 1 rings (SSSR count). The molecule has 0 heterocycles. The Balaban J connectivity index is 2.69. The van der Waals surface area contributed by atoms with E-state index in [4.69, 9.17) is 0 Å². The van der Waals surface area contributed by atoms with E-state index in [1.165, 1.54) is 19.1 Å². The molecule has 0 aliphatic rings. The van der Waals surface area contributed by atoms with Crippen molar-refractivity contribution in [3.63, 3.8) is 0 Å². The average molecular weight is 294 g/mol. The highest BCUT2D eigenvalue weighted by Gasteiger charge is 2.31. The van der Waals surface area contributed by atoms with Gasteiger partial charge in [-0.25, -0.2) is 4.39 Å². The van der Waals surface area contributed by atoms with Gasteiger partial charge in [-0.2, -0.15) is 0 Å². The van der Waals surface area contributed by atoms with Gasteiger partial charge in [0, 0.05) is 24.3 Å². The van der Waals surface area contributed by atoms with Crippen LogP contribution in [0.5, 0.6) is 5.75 Å². The fourth-order valence-electron chi connectivity index (χ4n) is 1.18. The molecular weight excluding hydrogens is 284 g/mol. The fourth-order valence-corrected chi connectivity index (χ4v) is 1.61. The summed E-state index contributed by atoms with van der Waals surface area (Å²) in [6.07, 6.45) is -1.90. The lowest BCUT2D eigenvalue weighted by molar-refractivity contribution is -0.274. The predicted octanol–water partition coefficient (Wildman–Crippen LogP) is 4.02. The van der Waals surface area contributed by atoms with E-state index in [0.29, 0.717) is 11.8 Å². The quantitative estimate of drug-likeness (QED) is 0.785. The Morgan fingerprint density at radius 2 is 2.11 bits per heavy atom. The smallest absolute Gasteiger partial charge is 0.406 e. The Hall–Kier alpha value is -1.50. The summed E-state index contributed by atoms with van der Waals surface area (Å²) in [6.45, 7) is 1.41. The number of hydrogen-bond acceptors (Lipinski definition) is 3. The van der Waals surface area contributed by atoms with E-state index in [0.717, 1.165) is 17.8 Å². The third kappa shape index (κ3) is 6.28. The largest absolute Gasteiger partial charge is 0.573 e. The lowest BCUT2D eigenvalue weighted by Crippen LogP contribution is -2.17. The molecule has 0 saturated carbocycles. The number of hydrogen-bond donors (Lipinski definition) is 0. The van der Waals surface area contributed by atoms with Gasteiger partial charge in [0.25, 0.3) is 0 Å². The molecule has 0 bridgehead atoms. The number of alkyl halides is 3. The molecule has 0 fully saturated rings. The molecule has 104 valence electrons. The molecule has 1 aromatic rings. The lowest BCUT2D eigenvalue weighted by Gasteiger charge is -2.09. The summed E-state index contributed by atoms with van der Waals surface area (Å²) in [5.74, 6) is -1.07. The summed E-state index contributed by atoms with van der Waals surface area (Å²) in [4.78, 5) is 10.6. The van der Waals surface area contributed by atoms with Gasteiger partial charge in [0.2, 0.25) is 0 Å². The first-order valence-corrected chi connectivity index (χ1v) is 6.11. The summed E-state index contributed by atoms with van der Waals surface area (Å²) in [5, 5.41) is -0.0703. The van der Waals surface area contributed by atoms with Gasteiger partial charge in [-0.05, 0) is 12.1 Å². The highest BCUT2D eigenvalue weighted by Crippen LogP contribution is 2.24. The molecule has 0 atom stereocenters. The number of thioether (sulfide) groups is 1. The molecule has 1 aromatic carbocycles. The monoisotopic (exact) mass is 294 g/mol. The number of halogens is 4. The van der Waals surface area contributed by atoms with Crippen LogP contribution in [-0.4, -0.2) is 17.2 Å². The van der Waals surface area contributed by atoms with Crippen LogP contribution in [0.15, 0.2) is 24.3 Å². The zero-order valence-electron chi connectivity index (χ0n) is 9.83. The molecule has 0 N–H and O–H groups in total. The van der Waals surface area contributed by atoms with Crippen molar-refractivity contribution in [3.05, 3.63) is 35.7 Å². The van der Waals surface area contributed by atoms with Gasteiger partial charge < -0.3 is 4.74 Å². The molecule has 19 heavy (non-hydrogen) atoms. The third-order valence-corrected chi connectivity index (χ3v) is 2.65. The van der Waals surface area contributed by atoms with Crippen molar-refractivity contribution >= 4 is 23.0 Å². The van der Waals surface area contributed by atoms with Crippen LogP contribution >= 0.6 is 11.8 Å². The zero-order chi connectivity index (χ0) is 14.5. The van der Waals surface area contributed by atoms with Crippen LogP contribution in [-0.2, 0) is 4.79 Å². The molecule has 0 aliphatic carbocycles. The summed E-state index contributed by atoms with van der Waals surface area (Å²) < 4.78 is 52.7. The van der Waals surface area contributed by atoms with Crippen molar-refractivity contribution in [2.75, 3.05) is 5.75 Å². The lowest BCUT2D eigenvalue weighted by atomic mass is 10.2. The first-order chi connectivity index (χ1) is 8.78. The van der Waals surface area contributed by atoms with E-state index in [2.05, 4.69) is 4.74 Å². The van der Waals surface area contributed by atoms with Crippen molar-refractivity contribution in [3.8, 4) is 5.75 Å². The second-order valence-corrected chi connectivity index (χ2v) is 4.63. The van der Waals surface area contributed by atoms with Crippen LogP contribution in [0.2, 0.25) is 0 Å². The number of benzene rings is 1. The van der Waals surface area contributed by atoms with Crippen LogP contribution in [0.25, 0.3) is 6.08 Å². The zero-order valence-corrected chi connectivity index (χ0v) is 10.6. The van der Waals surface area contributed by atoms with Crippen molar-refractivity contribution in [2.24, 2.45) is 0 Å². The average Bonchev–Trinajstić information content (AvgIpc) is 2.24. The van der Waals surface area contributed by atoms with Crippen LogP contribution in [0.3, 0.4) is 0 Å². The SMILES string of the molecule is CC(=O)SCC=Cc1ccc(OC(F)(F)F)cc1F. The molecule has 0 aliphatic heterocycles. The maximum atomic E-state index is 13.4. The number of carbonyl (C=O) groups excluding carboxylic acids is 1. The Labute approximate surface area is 111 Å². The Morgan fingerprint density at radius 3 is 2.63 bits per heavy atom. The summed E-state index contributed by atoms with van der Waals surface area (Å²) >= 11 is 1.05. The van der Waals surface area contributed by atoms with E-state index < -0.39 is 17.9 Å². The van der Waals surface area contributed by atoms with Crippen molar-refractivity contribution in [2.45, 2.75) is 13.3 Å². The Morgan fingerprint density at radius 1 is 1.42 bits per heavy atom. The van der Waals surface area contributed by atoms with Gasteiger partial charge in [0.05, 0.1) is 0 Å². The summed E-state index contributed by atoms with van der Waals surface area (Å²) in [5.41, 5.74) is 0.124. The molecule has 0 radical (unpaired) electrons. The molecule has 0 saturated heterocycles. The van der Waals surface area contributed by atoms with Crippen LogP contribution < -0.4 is 4.74 Å². The molecule has 0 amide bonds. The van der Waals surface area contributed by atoms with Gasteiger partial charge in [0.15, 0.2) is 5.12 Å². The Kier molecular flexibility index (Phi) is 5.41. The van der Waals surface area contributed by atoms with Crippen LogP contribution in [0, 0.1) is 5.82 Å². The highest BCUT2D eigenvalue weighted by atomic mass is 32.2. The minimum Gasteiger partial charge on any atom is -0.406 e. The molecule has 0 unspecified atom stereocenters. The van der Waals surface area contributed by atoms with Gasteiger partial charge in [0.1, 0.15) is 11.6 Å². The van der Waals surface area contributed by atoms with E-state index in [1.807, 2.05) is 0 Å². The predicted molar refractivity (Wildman–Crippen MR) is 65.3 cm³/mol. The maximum Gasteiger partial charge on any atom is 0.573 e. The molecule has 0 spiro atoms.